The fourth-order valence-corrected chi connectivity index (χ4v) is 1.29. The molecular formula is C11H13FO2. The van der Waals surface area contributed by atoms with E-state index in [0.717, 1.165) is 25.2 Å². The molecule has 1 aromatic carbocycles. The summed E-state index contributed by atoms with van der Waals surface area (Å²) >= 11 is 0. The number of para-hydroxylation sites is 1. The van der Waals surface area contributed by atoms with Gasteiger partial charge in [0.25, 0.3) is 0 Å². The first-order chi connectivity index (χ1) is 6.86. The normalized spacial score (nSPS) is 22.5. The highest BCUT2D eigenvalue weighted by Crippen LogP contribution is 2.27. The van der Waals surface area contributed by atoms with Crippen LogP contribution in [-0.4, -0.2) is 19.6 Å². The SMILES string of the molecule is C1CO1.FC1CCc2ccccc2O1. The molecule has 1 atom stereocenters. The van der Waals surface area contributed by atoms with Crippen molar-refractivity contribution in [3.05, 3.63) is 29.8 Å². The third-order valence-corrected chi connectivity index (χ3v) is 2.07. The second-order valence-electron chi connectivity index (χ2n) is 3.29. The van der Waals surface area contributed by atoms with Crippen LogP contribution in [0.15, 0.2) is 24.3 Å². The monoisotopic (exact) mass is 196 g/mol. The van der Waals surface area contributed by atoms with Gasteiger partial charge in [0.15, 0.2) is 0 Å². The summed E-state index contributed by atoms with van der Waals surface area (Å²) in [6.07, 6.45) is 0.166. The molecule has 0 aromatic heterocycles. The third-order valence-electron chi connectivity index (χ3n) is 2.07. The standard InChI is InChI=1S/C9H9FO.C2H4O/c10-9-6-5-7-3-1-2-4-8(7)11-9;1-2-3-1/h1-4,9H,5-6H2;1-2H2. The van der Waals surface area contributed by atoms with Crippen LogP contribution in [0.5, 0.6) is 5.75 Å². The molecular weight excluding hydrogens is 183 g/mol. The lowest BCUT2D eigenvalue weighted by Gasteiger charge is -2.19. The highest BCUT2D eigenvalue weighted by Gasteiger charge is 2.17. The van der Waals surface area contributed by atoms with E-state index in [0.29, 0.717) is 12.2 Å². The van der Waals surface area contributed by atoms with Gasteiger partial charge in [0.2, 0.25) is 6.36 Å². The first kappa shape index (κ1) is 9.46. The summed E-state index contributed by atoms with van der Waals surface area (Å²) < 4.78 is 22.1. The Bertz CT molecular complexity index is 296. The van der Waals surface area contributed by atoms with Gasteiger partial charge in [0.1, 0.15) is 5.75 Å². The molecule has 76 valence electrons. The predicted molar refractivity (Wildman–Crippen MR) is 51.1 cm³/mol. The summed E-state index contributed by atoms with van der Waals surface area (Å²) in [5.74, 6) is 0.700. The number of fused-ring (bicyclic) bond motifs is 1. The second-order valence-corrected chi connectivity index (χ2v) is 3.29. The van der Waals surface area contributed by atoms with Gasteiger partial charge in [-0.25, -0.2) is 4.39 Å². The zero-order chi connectivity index (χ0) is 9.80. The number of benzene rings is 1. The van der Waals surface area contributed by atoms with Crippen LogP contribution in [0, 0.1) is 0 Å². The summed E-state index contributed by atoms with van der Waals surface area (Å²) in [5.41, 5.74) is 1.11. The largest absolute Gasteiger partial charge is 0.460 e. The van der Waals surface area contributed by atoms with Gasteiger partial charge in [-0.2, -0.15) is 0 Å². The minimum Gasteiger partial charge on any atom is -0.460 e. The van der Waals surface area contributed by atoms with Gasteiger partial charge in [-0.3, -0.25) is 0 Å². The quantitative estimate of drug-likeness (QED) is 0.594. The number of ether oxygens (including phenoxy) is 2. The molecule has 2 heterocycles. The van der Waals surface area contributed by atoms with Gasteiger partial charge in [0.05, 0.1) is 13.2 Å². The van der Waals surface area contributed by atoms with Crippen LogP contribution in [0.25, 0.3) is 0 Å². The molecule has 0 saturated carbocycles. The number of epoxide rings is 1. The first-order valence-corrected chi connectivity index (χ1v) is 4.82. The molecule has 0 bridgehead atoms. The Morgan fingerprint density at radius 3 is 2.64 bits per heavy atom. The van der Waals surface area contributed by atoms with Gasteiger partial charge < -0.3 is 9.47 Å². The van der Waals surface area contributed by atoms with Crippen molar-refractivity contribution in [2.45, 2.75) is 19.2 Å². The van der Waals surface area contributed by atoms with E-state index < -0.39 is 6.36 Å². The fourth-order valence-electron chi connectivity index (χ4n) is 1.29. The molecule has 1 fully saturated rings. The molecule has 3 rings (SSSR count). The molecule has 14 heavy (non-hydrogen) atoms. The molecule has 1 aromatic rings. The predicted octanol–water partition coefficient (Wildman–Crippen LogP) is 2.32. The van der Waals surface area contributed by atoms with E-state index in [2.05, 4.69) is 4.74 Å². The number of alkyl halides is 1. The summed E-state index contributed by atoms with van der Waals surface area (Å²) in [4.78, 5) is 0. The van der Waals surface area contributed by atoms with Crippen molar-refractivity contribution in [1.29, 1.82) is 0 Å². The average Bonchev–Trinajstić information content (AvgIpc) is 3.04. The Morgan fingerprint density at radius 2 is 1.93 bits per heavy atom. The second kappa shape index (κ2) is 4.42. The minimum absolute atomic E-state index is 0.483. The van der Waals surface area contributed by atoms with Crippen LogP contribution in [0.2, 0.25) is 0 Å². The maximum absolute atomic E-state index is 12.6. The molecule has 0 N–H and O–H groups in total. The van der Waals surface area contributed by atoms with Crippen LogP contribution in [-0.2, 0) is 11.2 Å². The van der Waals surface area contributed by atoms with E-state index in [1.807, 2.05) is 18.2 Å². The molecule has 2 nitrogen and oxygen atoms in total. The molecule has 3 heteroatoms. The molecule has 2 aliphatic heterocycles. The van der Waals surface area contributed by atoms with E-state index in [9.17, 15) is 4.39 Å². The van der Waals surface area contributed by atoms with Crippen molar-refractivity contribution < 1.29 is 13.9 Å². The van der Waals surface area contributed by atoms with Crippen molar-refractivity contribution in [1.82, 2.24) is 0 Å². The first-order valence-electron chi connectivity index (χ1n) is 4.82. The lowest BCUT2D eigenvalue weighted by atomic mass is 10.1. The maximum Gasteiger partial charge on any atom is 0.238 e. The van der Waals surface area contributed by atoms with Gasteiger partial charge in [0, 0.05) is 6.42 Å². The van der Waals surface area contributed by atoms with Crippen molar-refractivity contribution in [3.63, 3.8) is 0 Å². The van der Waals surface area contributed by atoms with E-state index in [-0.39, 0.29) is 0 Å². The highest BCUT2D eigenvalue weighted by molar-refractivity contribution is 5.34. The Kier molecular flexibility index (Phi) is 2.99. The average molecular weight is 196 g/mol. The van der Waals surface area contributed by atoms with E-state index in [4.69, 9.17) is 4.74 Å². The maximum atomic E-state index is 12.6. The van der Waals surface area contributed by atoms with E-state index in [1.54, 1.807) is 6.07 Å². The van der Waals surface area contributed by atoms with Crippen molar-refractivity contribution in [2.75, 3.05) is 13.2 Å². The van der Waals surface area contributed by atoms with Crippen molar-refractivity contribution in [3.8, 4) is 5.75 Å². The Labute approximate surface area is 82.6 Å². The zero-order valence-electron chi connectivity index (χ0n) is 7.91. The summed E-state index contributed by atoms with van der Waals surface area (Å²) in [5, 5.41) is 0. The Balaban J connectivity index is 0.000000214. The summed E-state index contributed by atoms with van der Waals surface area (Å²) in [6.45, 7) is 2.00. The van der Waals surface area contributed by atoms with Gasteiger partial charge in [-0.15, -0.1) is 0 Å². The lowest BCUT2D eigenvalue weighted by molar-refractivity contribution is 0.0477. The molecule has 0 radical (unpaired) electrons. The Hall–Kier alpha value is -1.09. The summed E-state index contributed by atoms with van der Waals surface area (Å²) in [6, 6.07) is 7.58. The topological polar surface area (TPSA) is 21.8 Å². The van der Waals surface area contributed by atoms with Crippen LogP contribution in [0.1, 0.15) is 12.0 Å². The number of hydrogen-bond acceptors (Lipinski definition) is 2. The lowest BCUT2D eigenvalue weighted by Crippen LogP contribution is -2.17. The number of halogens is 1. The molecule has 0 spiro atoms. The summed E-state index contributed by atoms with van der Waals surface area (Å²) in [7, 11) is 0. The van der Waals surface area contributed by atoms with Crippen LogP contribution in [0.4, 0.5) is 4.39 Å². The van der Waals surface area contributed by atoms with Crippen molar-refractivity contribution >= 4 is 0 Å². The zero-order valence-corrected chi connectivity index (χ0v) is 7.91. The van der Waals surface area contributed by atoms with Gasteiger partial charge in [-0.05, 0) is 18.1 Å². The molecule has 0 aliphatic carbocycles. The van der Waals surface area contributed by atoms with E-state index in [1.165, 1.54) is 0 Å². The van der Waals surface area contributed by atoms with Crippen molar-refractivity contribution in [2.24, 2.45) is 0 Å². The fraction of sp³-hybridized carbons (Fsp3) is 0.455. The van der Waals surface area contributed by atoms with Crippen LogP contribution >= 0.6 is 0 Å². The molecule has 2 aliphatic rings. The van der Waals surface area contributed by atoms with E-state index >= 15 is 0 Å². The number of hydrogen-bond donors (Lipinski definition) is 0. The van der Waals surface area contributed by atoms with Crippen LogP contribution < -0.4 is 4.74 Å². The van der Waals surface area contributed by atoms with Crippen LogP contribution in [0.3, 0.4) is 0 Å². The minimum atomic E-state index is -1.11. The smallest absolute Gasteiger partial charge is 0.238 e. The molecule has 0 amide bonds. The Morgan fingerprint density at radius 1 is 1.21 bits per heavy atom. The third kappa shape index (κ3) is 2.70. The highest BCUT2D eigenvalue weighted by atomic mass is 19.1. The molecule has 1 unspecified atom stereocenters. The molecule has 1 saturated heterocycles. The van der Waals surface area contributed by atoms with Gasteiger partial charge >= 0.3 is 0 Å². The number of aryl methyl sites for hydroxylation is 1. The van der Waals surface area contributed by atoms with Gasteiger partial charge in [-0.1, -0.05) is 18.2 Å². The number of rotatable bonds is 0.